The van der Waals surface area contributed by atoms with Gasteiger partial charge in [0, 0.05) is 38.6 Å². The Balaban J connectivity index is 0.00000147. The van der Waals surface area contributed by atoms with Crippen molar-refractivity contribution < 1.29 is 4.79 Å². The summed E-state index contributed by atoms with van der Waals surface area (Å²) in [5.74, 6) is 0.640. The molecule has 1 amide bonds. The van der Waals surface area contributed by atoms with Gasteiger partial charge in [-0.1, -0.05) is 6.07 Å². The number of hydrogen-bond donors (Lipinski definition) is 1. The van der Waals surface area contributed by atoms with Crippen LogP contribution in [0.4, 0.5) is 0 Å². The van der Waals surface area contributed by atoms with Crippen LogP contribution in [-0.2, 0) is 0 Å². The Labute approximate surface area is 123 Å². The molecule has 7 heteroatoms. The fraction of sp³-hybridized carbons (Fsp3) is 0.308. The minimum Gasteiger partial charge on any atom is -0.335 e. The Morgan fingerprint density at radius 2 is 2.00 bits per heavy atom. The molecule has 1 aliphatic rings. The van der Waals surface area contributed by atoms with Gasteiger partial charge in [-0.3, -0.25) is 4.79 Å². The van der Waals surface area contributed by atoms with Gasteiger partial charge in [0.2, 0.25) is 0 Å². The van der Waals surface area contributed by atoms with Gasteiger partial charge in [-0.05, 0) is 18.2 Å². The summed E-state index contributed by atoms with van der Waals surface area (Å²) in [6.07, 6.45) is 3.49. The molecule has 20 heavy (non-hydrogen) atoms. The third-order valence-electron chi connectivity index (χ3n) is 3.10. The molecular formula is C13H16ClN5O. The molecule has 0 aromatic carbocycles. The molecule has 1 N–H and O–H groups in total. The zero-order valence-corrected chi connectivity index (χ0v) is 11.7. The topological polar surface area (TPSA) is 63.1 Å². The Morgan fingerprint density at radius 3 is 2.70 bits per heavy atom. The Bertz CT molecular complexity index is 566. The number of amides is 1. The zero-order valence-electron chi connectivity index (χ0n) is 10.9. The maximum atomic E-state index is 12.3. The Kier molecular flexibility index (Phi) is 4.70. The maximum absolute atomic E-state index is 12.3. The SMILES string of the molecule is Cl.O=C(c1cccc(-n2cccn2)n1)N1CCNCC1. The summed E-state index contributed by atoms with van der Waals surface area (Å²) >= 11 is 0. The van der Waals surface area contributed by atoms with Crippen molar-refractivity contribution in [3.63, 3.8) is 0 Å². The summed E-state index contributed by atoms with van der Waals surface area (Å²) in [5.41, 5.74) is 0.468. The van der Waals surface area contributed by atoms with Crippen molar-refractivity contribution in [1.82, 2.24) is 25.0 Å². The highest BCUT2D eigenvalue weighted by atomic mass is 35.5. The van der Waals surface area contributed by atoms with Gasteiger partial charge in [0.25, 0.3) is 5.91 Å². The predicted octanol–water partition coefficient (Wildman–Crippen LogP) is 0.734. The van der Waals surface area contributed by atoms with Crippen molar-refractivity contribution in [2.45, 2.75) is 0 Å². The van der Waals surface area contributed by atoms with Crippen LogP contribution in [0.1, 0.15) is 10.5 Å². The summed E-state index contributed by atoms with van der Waals surface area (Å²) in [6, 6.07) is 7.24. The van der Waals surface area contributed by atoms with Crippen LogP contribution in [-0.4, -0.2) is 51.8 Å². The molecule has 1 saturated heterocycles. The van der Waals surface area contributed by atoms with E-state index in [2.05, 4.69) is 15.4 Å². The molecule has 0 spiro atoms. The third-order valence-corrected chi connectivity index (χ3v) is 3.10. The lowest BCUT2D eigenvalue weighted by atomic mass is 10.2. The molecule has 0 atom stereocenters. The number of pyridine rings is 1. The fourth-order valence-electron chi connectivity index (χ4n) is 2.10. The van der Waals surface area contributed by atoms with E-state index in [1.165, 1.54) is 0 Å². The van der Waals surface area contributed by atoms with Crippen LogP contribution in [0.3, 0.4) is 0 Å². The van der Waals surface area contributed by atoms with Gasteiger partial charge in [-0.25, -0.2) is 9.67 Å². The minimum absolute atomic E-state index is 0. The first kappa shape index (κ1) is 14.5. The number of nitrogens with zero attached hydrogens (tertiary/aromatic N) is 4. The number of rotatable bonds is 2. The van der Waals surface area contributed by atoms with E-state index in [1.807, 2.05) is 23.1 Å². The predicted molar refractivity (Wildman–Crippen MR) is 77.4 cm³/mol. The first-order valence-corrected chi connectivity index (χ1v) is 6.32. The van der Waals surface area contributed by atoms with E-state index in [4.69, 9.17) is 0 Å². The van der Waals surface area contributed by atoms with Crippen LogP contribution in [0.2, 0.25) is 0 Å². The zero-order chi connectivity index (χ0) is 13.1. The van der Waals surface area contributed by atoms with Crippen LogP contribution < -0.4 is 5.32 Å². The van der Waals surface area contributed by atoms with Crippen molar-refractivity contribution >= 4 is 18.3 Å². The van der Waals surface area contributed by atoms with Gasteiger partial charge in [0.15, 0.2) is 5.82 Å². The highest BCUT2D eigenvalue weighted by Crippen LogP contribution is 2.07. The number of carbonyl (C=O) groups excluding carboxylic acids is 1. The highest BCUT2D eigenvalue weighted by Gasteiger charge is 2.19. The number of halogens is 1. The number of nitrogens with one attached hydrogen (secondary N) is 1. The average Bonchev–Trinajstić information content (AvgIpc) is 3.02. The lowest BCUT2D eigenvalue weighted by molar-refractivity contribution is 0.0730. The first-order chi connectivity index (χ1) is 9.34. The second-order valence-electron chi connectivity index (χ2n) is 4.37. The summed E-state index contributed by atoms with van der Waals surface area (Å²) < 4.78 is 1.65. The molecule has 0 saturated carbocycles. The minimum atomic E-state index is -0.0180. The lowest BCUT2D eigenvalue weighted by Gasteiger charge is -2.27. The molecule has 0 bridgehead atoms. The molecule has 2 aromatic rings. The largest absolute Gasteiger partial charge is 0.335 e. The summed E-state index contributed by atoms with van der Waals surface area (Å²) in [6.45, 7) is 3.13. The number of carbonyl (C=O) groups is 1. The van der Waals surface area contributed by atoms with Gasteiger partial charge in [-0.15, -0.1) is 12.4 Å². The summed E-state index contributed by atoms with van der Waals surface area (Å²) in [4.78, 5) is 18.5. The van der Waals surface area contributed by atoms with Gasteiger partial charge in [0.1, 0.15) is 5.69 Å². The van der Waals surface area contributed by atoms with Gasteiger partial charge in [0.05, 0.1) is 0 Å². The van der Waals surface area contributed by atoms with E-state index >= 15 is 0 Å². The first-order valence-electron chi connectivity index (χ1n) is 6.32. The molecule has 2 aromatic heterocycles. The molecule has 0 unspecified atom stereocenters. The molecule has 3 rings (SSSR count). The lowest BCUT2D eigenvalue weighted by Crippen LogP contribution is -2.46. The monoisotopic (exact) mass is 293 g/mol. The maximum Gasteiger partial charge on any atom is 0.272 e. The summed E-state index contributed by atoms with van der Waals surface area (Å²) in [5, 5.41) is 7.35. The number of aromatic nitrogens is 3. The van der Waals surface area contributed by atoms with Crippen molar-refractivity contribution in [2.24, 2.45) is 0 Å². The third kappa shape index (κ3) is 2.97. The van der Waals surface area contributed by atoms with Crippen LogP contribution in [0.5, 0.6) is 0 Å². The van der Waals surface area contributed by atoms with Crippen molar-refractivity contribution in [1.29, 1.82) is 0 Å². The molecule has 0 radical (unpaired) electrons. The molecule has 3 heterocycles. The van der Waals surface area contributed by atoms with E-state index in [0.717, 1.165) is 26.2 Å². The van der Waals surface area contributed by atoms with Gasteiger partial charge in [-0.2, -0.15) is 5.10 Å². The average molecular weight is 294 g/mol. The van der Waals surface area contributed by atoms with Gasteiger partial charge >= 0.3 is 0 Å². The highest BCUT2D eigenvalue weighted by molar-refractivity contribution is 5.92. The Morgan fingerprint density at radius 1 is 1.20 bits per heavy atom. The smallest absolute Gasteiger partial charge is 0.272 e. The molecule has 1 fully saturated rings. The van der Waals surface area contributed by atoms with E-state index in [0.29, 0.717) is 11.5 Å². The van der Waals surface area contributed by atoms with Crippen LogP contribution in [0.15, 0.2) is 36.7 Å². The fourth-order valence-corrected chi connectivity index (χ4v) is 2.10. The normalized spacial score (nSPS) is 14.7. The number of piperazine rings is 1. The quantitative estimate of drug-likeness (QED) is 0.887. The van der Waals surface area contributed by atoms with Crippen molar-refractivity contribution in [2.75, 3.05) is 26.2 Å². The van der Waals surface area contributed by atoms with E-state index in [-0.39, 0.29) is 18.3 Å². The second-order valence-corrected chi connectivity index (χ2v) is 4.37. The van der Waals surface area contributed by atoms with Crippen LogP contribution >= 0.6 is 12.4 Å². The van der Waals surface area contributed by atoms with Crippen LogP contribution in [0, 0.1) is 0 Å². The van der Waals surface area contributed by atoms with Crippen LogP contribution in [0.25, 0.3) is 5.82 Å². The number of hydrogen-bond acceptors (Lipinski definition) is 4. The van der Waals surface area contributed by atoms with E-state index in [9.17, 15) is 4.79 Å². The van der Waals surface area contributed by atoms with Crippen molar-refractivity contribution in [3.8, 4) is 5.82 Å². The van der Waals surface area contributed by atoms with E-state index < -0.39 is 0 Å². The van der Waals surface area contributed by atoms with E-state index in [1.54, 1.807) is 23.1 Å². The van der Waals surface area contributed by atoms with Gasteiger partial charge < -0.3 is 10.2 Å². The molecule has 1 aliphatic heterocycles. The molecule has 106 valence electrons. The van der Waals surface area contributed by atoms with Crippen molar-refractivity contribution in [3.05, 3.63) is 42.4 Å². The standard InChI is InChI=1S/C13H15N5O.ClH/c19-13(17-9-6-14-7-10-17)11-3-1-4-12(16-11)18-8-2-5-15-18;/h1-5,8,14H,6-7,9-10H2;1H. The Hall–Kier alpha value is -1.92. The molecule has 0 aliphatic carbocycles. The summed E-state index contributed by atoms with van der Waals surface area (Å²) in [7, 11) is 0. The molecule has 6 nitrogen and oxygen atoms in total. The molecular weight excluding hydrogens is 278 g/mol. The second kappa shape index (κ2) is 6.49.